The van der Waals surface area contributed by atoms with E-state index in [2.05, 4.69) is 10.2 Å². The molecule has 2 saturated heterocycles. The van der Waals surface area contributed by atoms with Gasteiger partial charge in [-0.15, -0.1) is 0 Å². The van der Waals surface area contributed by atoms with Crippen LogP contribution in [0.2, 0.25) is 5.02 Å². The molecule has 3 rings (SSSR count). The molecule has 2 fully saturated rings. The van der Waals surface area contributed by atoms with Crippen LogP contribution in [-0.4, -0.2) is 61.3 Å². The van der Waals surface area contributed by atoms with Crippen LogP contribution < -0.4 is 5.32 Å². The maximum Gasteiger partial charge on any atom is 0.322 e. The van der Waals surface area contributed by atoms with E-state index < -0.39 is 0 Å². The minimum atomic E-state index is 0.00370. The highest BCUT2D eigenvalue weighted by molar-refractivity contribution is 6.30. The van der Waals surface area contributed by atoms with Gasteiger partial charge in [0.25, 0.3) is 0 Å². The number of nitrogens with one attached hydrogen (secondary N) is 1. The summed E-state index contributed by atoms with van der Waals surface area (Å²) in [6.07, 6.45) is 4.42. The average molecular weight is 352 g/mol. The van der Waals surface area contributed by atoms with Gasteiger partial charge in [-0.1, -0.05) is 11.6 Å². The van der Waals surface area contributed by atoms with E-state index in [0.717, 1.165) is 64.3 Å². The monoisotopic (exact) mass is 351 g/mol. The number of rotatable bonds is 4. The summed E-state index contributed by atoms with van der Waals surface area (Å²) in [5.74, 6) is 0. The van der Waals surface area contributed by atoms with Gasteiger partial charge in [0.05, 0.1) is 13.2 Å². The Hall–Kier alpha value is -1.30. The molecule has 2 amide bonds. The molecule has 5 nitrogen and oxygen atoms in total. The van der Waals surface area contributed by atoms with Crippen LogP contribution in [0, 0.1) is 0 Å². The number of halogens is 1. The lowest BCUT2D eigenvalue weighted by atomic mass is 9.99. The molecule has 1 atom stereocenters. The molecule has 132 valence electrons. The van der Waals surface area contributed by atoms with Crippen molar-refractivity contribution in [2.45, 2.75) is 31.7 Å². The number of benzene rings is 1. The normalized spacial score (nSPS) is 22.4. The van der Waals surface area contributed by atoms with Crippen molar-refractivity contribution in [1.82, 2.24) is 9.80 Å². The summed E-state index contributed by atoms with van der Waals surface area (Å²) in [6.45, 7) is 5.54. The average Bonchev–Trinajstić information content (AvgIpc) is 2.63. The zero-order valence-electron chi connectivity index (χ0n) is 14.0. The zero-order valence-corrected chi connectivity index (χ0v) is 14.8. The number of nitrogens with zero attached hydrogens (tertiary/aromatic N) is 2. The SMILES string of the molecule is O=C(Nc1ccc(Cl)cc1)N1CCCC[C@H]1CCN1CCOCC1. The van der Waals surface area contributed by atoms with Crippen molar-refractivity contribution in [2.24, 2.45) is 0 Å². The fraction of sp³-hybridized carbons (Fsp3) is 0.611. The maximum atomic E-state index is 12.7. The Bertz CT molecular complexity index is 532. The van der Waals surface area contributed by atoms with Crippen molar-refractivity contribution in [3.63, 3.8) is 0 Å². The summed E-state index contributed by atoms with van der Waals surface area (Å²) in [7, 11) is 0. The molecule has 0 unspecified atom stereocenters. The molecule has 0 aromatic heterocycles. The number of piperidine rings is 1. The van der Waals surface area contributed by atoms with Gasteiger partial charge in [-0.05, 0) is 49.9 Å². The largest absolute Gasteiger partial charge is 0.379 e. The second-order valence-corrected chi connectivity index (χ2v) is 6.96. The zero-order chi connectivity index (χ0) is 16.8. The van der Waals surface area contributed by atoms with Crippen molar-refractivity contribution >= 4 is 23.3 Å². The number of hydrogen-bond donors (Lipinski definition) is 1. The van der Waals surface area contributed by atoms with Gasteiger partial charge >= 0.3 is 6.03 Å². The molecule has 1 aromatic rings. The molecule has 1 aromatic carbocycles. The third kappa shape index (κ3) is 4.85. The molecular formula is C18H26ClN3O2. The van der Waals surface area contributed by atoms with Crippen molar-refractivity contribution < 1.29 is 9.53 Å². The number of morpholine rings is 1. The van der Waals surface area contributed by atoms with Crippen molar-refractivity contribution in [3.8, 4) is 0 Å². The fourth-order valence-electron chi connectivity index (χ4n) is 3.45. The lowest BCUT2D eigenvalue weighted by Crippen LogP contribution is -2.48. The molecule has 0 spiro atoms. The van der Waals surface area contributed by atoms with Crippen LogP contribution >= 0.6 is 11.6 Å². The molecule has 1 N–H and O–H groups in total. The molecule has 2 aliphatic heterocycles. The Labute approximate surface area is 148 Å². The summed E-state index contributed by atoms with van der Waals surface area (Å²) in [5, 5.41) is 3.68. The number of likely N-dealkylation sites (tertiary alicyclic amines) is 1. The number of anilines is 1. The van der Waals surface area contributed by atoms with Gasteiger partial charge < -0.3 is 15.0 Å². The van der Waals surface area contributed by atoms with Crippen molar-refractivity contribution in [3.05, 3.63) is 29.3 Å². The van der Waals surface area contributed by atoms with Gasteiger partial charge in [0.15, 0.2) is 0 Å². The second kappa shape index (κ2) is 8.70. The molecule has 0 bridgehead atoms. The van der Waals surface area contributed by atoms with E-state index in [-0.39, 0.29) is 6.03 Å². The van der Waals surface area contributed by atoms with Crippen LogP contribution in [-0.2, 0) is 4.74 Å². The van der Waals surface area contributed by atoms with Crippen LogP contribution in [0.4, 0.5) is 10.5 Å². The van der Waals surface area contributed by atoms with E-state index in [1.165, 1.54) is 6.42 Å². The minimum absolute atomic E-state index is 0.00370. The number of carbonyl (C=O) groups excluding carboxylic acids is 1. The Kier molecular flexibility index (Phi) is 6.35. The Morgan fingerprint density at radius 2 is 1.92 bits per heavy atom. The summed E-state index contributed by atoms with van der Waals surface area (Å²) in [6, 6.07) is 7.60. The topological polar surface area (TPSA) is 44.8 Å². The predicted octanol–water partition coefficient (Wildman–Crippen LogP) is 3.45. The second-order valence-electron chi connectivity index (χ2n) is 6.52. The van der Waals surface area contributed by atoms with Gasteiger partial charge in [0.2, 0.25) is 0 Å². The van der Waals surface area contributed by atoms with Crippen LogP contribution in [0.5, 0.6) is 0 Å². The molecule has 2 aliphatic rings. The van der Waals surface area contributed by atoms with Crippen molar-refractivity contribution in [2.75, 3.05) is 44.7 Å². The number of amides is 2. The standard InChI is InChI=1S/C18H26ClN3O2/c19-15-4-6-16(7-5-15)20-18(23)22-9-2-1-3-17(22)8-10-21-11-13-24-14-12-21/h4-7,17H,1-3,8-14H2,(H,20,23)/t17-/m0/s1. The van der Waals surface area contributed by atoms with Crippen LogP contribution in [0.25, 0.3) is 0 Å². The predicted molar refractivity (Wildman–Crippen MR) is 96.7 cm³/mol. The van der Waals surface area contributed by atoms with E-state index in [4.69, 9.17) is 16.3 Å². The molecule has 0 aliphatic carbocycles. The first-order chi connectivity index (χ1) is 11.7. The van der Waals surface area contributed by atoms with E-state index in [1.807, 2.05) is 17.0 Å². The third-order valence-electron chi connectivity index (χ3n) is 4.87. The fourth-order valence-corrected chi connectivity index (χ4v) is 3.58. The van der Waals surface area contributed by atoms with Gasteiger partial charge in [-0.25, -0.2) is 4.79 Å². The minimum Gasteiger partial charge on any atom is -0.379 e. The number of urea groups is 1. The van der Waals surface area contributed by atoms with Gasteiger partial charge in [-0.3, -0.25) is 4.90 Å². The summed E-state index contributed by atoms with van der Waals surface area (Å²) >= 11 is 5.90. The summed E-state index contributed by atoms with van der Waals surface area (Å²) in [5.41, 5.74) is 0.793. The van der Waals surface area contributed by atoms with Crippen LogP contribution in [0.1, 0.15) is 25.7 Å². The lowest BCUT2D eigenvalue weighted by Gasteiger charge is -2.37. The van der Waals surface area contributed by atoms with Crippen LogP contribution in [0.3, 0.4) is 0 Å². The Morgan fingerprint density at radius 3 is 2.67 bits per heavy atom. The van der Waals surface area contributed by atoms with Crippen molar-refractivity contribution in [1.29, 1.82) is 0 Å². The van der Waals surface area contributed by atoms with Gasteiger partial charge in [-0.2, -0.15) is 0 Å². The molecule has 0 radical (unpaired) electrons. The van der Waals surface area contributed by atoms with Gasteiger partial charge in [0, 0.05) is 42.9 Å². The molecule has 0 saturated carbocycles. The molecular weight excluding hydrogens is 326 g/mol. The lowest BCUT2D eigenvalue weighted by molar-refractivity contribution is 0.0329. The highest BCUT2D eigenvalue weighted by Gasteiger charge is 2.27. The summed E-state index contributed by atoms with van der Waals surface area (Å²) in [4.78, 5) is 17.1. The molecule has 2 heterocycles. The highest BCUT2D eigenvalue weighted by atomic mass is 35.5. The van der Waals surface area contributed by atoms with E-state index in [9.17, 15) is 4.79 Å². The van der Waals surface area contributed by atoms with Crippen LogP contribution in [0.15, 0.2) is 24.3 Å². The summed E-state index contributed by atoms with van der Waals surface area (Å²) < 4.78 is 5.40. The molecule has 24 heavy (non-hydrogen) atoms. The first-order valence-corrected chi connectivity index (χ1v) is 9.23. The molecule has 6 heteroatoms. The Morgan fingerprint density at radius 1 is 1.17 bits per heavy atom. The smallest absolute Gasteiger partial charge is 0.322 e. The maximum absolute atomic E-state index is 12.7. The first-order valence-electron chi connectivity index (χ1n) is 8.86. The third-order valence-corrected chi connectivity index (χ3v) is 5.12. The number of carbonyl (C=O) groups is 1. The first kappa shape index (κ1) is 17.5. The van der Waals surface area contributed by atoms with E-state index in [1.54, 1.807) is 12.1 Å². The van der Waals surface area contributed by atoms with E-state index >= 15 is 0 Å². The Balaban J connectivity index is 1.54. The number of ether oxygens (including phenoxy) is 1. The number of hydrogen-bond acceptors (Lipinski definition) is 3. The van der Waals surface area contributed by atoms with Gasteiger partial charge in [0.1, 0.15) is 0 Å². The van der Waals surface area contributed by atoms with E-state index in [0.29, 0.717) is 11.1 Å². The highest BCUT2D eigenvalue weighted by Crippen LogP contribution is 2.22. The quantitative estimate of drug-likeness (QED) is 0.903.